The number of anilines is 1. The average Bonchev–Trinajstić information content (AvgIpc) is 3.19. The Morgan fingerprint density at radius 1 is 0.943 bits per heavy atom. The molecule has 0 aliphatic carbocycles. The van der Waals surface area contributed by atoms with Crippen LogP contribution in [0.4, 0.5) is 32.4 Å². The number of ether oxygens (including phenoxy) is 2. The highest BCUT2D eigenvalue weighted by Gasteiger charge is 2.36. The fourth-order valence-corrected chi connectivity index (χ4v) is 3.48. The van der Waals surface area contributed by atoms with Gasteiger partial charge in [-0.3, -0.25) is 4.79 Å². The molecule has 0 bridgehead atoms. The maximum Gasteiger partial charge on any atom is 0.513 e. The van der Waals surface area contributed by atoms with Crippen molar-refractivity contribution in [1.82, 2.24) is 4.40 Å². The number of halogens is 5. The molecule has 0 unspecified atom stereocenters. The van der Waals surface area contributed by atoms with Crippen molar-refractivity contribution in [2.75, 3.05) is 12.4 Å². The van der Waals surface area contributed by atoms with Crippen LogP contribution in [0, 0.1) is 11.6 Å². The number of rotatable bonds is 4. The van der Waals surface area contributed by atoms with Gasteiger partial charge in [-0.15, -0.1) is 0 Å². The summed E-state index contributed by atoms with van der Waals surface area (Å²) < 4.78 is 79.6. The largest absolute Gasteiger partial charge is 0.513 e. The van der Waals surface area contributed by atoms with Crippen LogP contribution in [0.25, 0.3) is 16.8 Å². The Bertz CT molecular complexity index is 1410. The van der Waals surface area contributed by atoms with E-state index in [0.717, 1.165) is 31.4 Å². The smallest absolute Gasteiger partial charge is 0.437 e. The van der Waals surface area contributed by atoms with E-state index < -0.39 is 41.0 Å². The molecule has 1 N–H and O–H groups in total. The van der Waals surface area contributed by atoms with E-state index in [4.69, 9.17) is 4.74 Å². The molecule has 0 aliphatic rings. The third-order valence-corrected chi connectivity index (χ3v) is 5.02. The molecule has 11 heteroatoms. The third kappa shape index (κ3) is 4.79. The van der Waals surface area contributed by atoms with Gasteiger partial charge in [0.15, 0.2) is 5.75 Å². The highest BCUT2D eigenvalue weighted by atomic mass is 19.4. The van der Waals surface area contributed by atoms with E-state index in [2.05, 4.69) is 10.1 Å². The number of aromatic nitrogens is 1. The molecule has 0 radical (unpaired) electrons. The van der Waals surface area contributed by atoms with Gasteiger partial charge in [0.1, 0.15) is 17.2 Å². The lowest BCUT2D eigenvalue weighted by molar-refractivity contribution is -0.137. The van der Waals surface area contributed by atoms with Crippen LogP contribution in [-0.4, -0.2) is 23.6 Å². The van der Waals surface area contributed by atoms with Gasteiger partial charge in [-0.25, -0.2) is 13.6 Å². The summed E-state index contributed by atoms with van der Waals surface area (Å²) in [6.07, 6.45) is -4.55. The van der Waals surface area contributed by atoms with Crippen molar-refractivity contribution in [2.24, 2.45) is 0 Å². The van der Waals surface area contributed by atoms with Gasteiger partial charge in [-0.05, 0) is 48.0 Å². The lowest BCUT2D eigenvalue weighted by Gasteiger charge is -2.12. The average molecular weight is 490 g/mol. The first-order valence-electron chi connectivity index (χ1n) is 9.92. The van der Waals surface area contributed by atoms with E-state index in [-0.39, 0.29) is 28.2 Å². The van der Waals surface area contributed by atoms with Crippen molar-refractivity contribution >= 4 is 23.3 Å². The van der Waals surface area contributed by atoms with Crippen LogP contribution in [-0.2, 0) is 10.9 Å². The van der Waals surface area contributed by atoms with Crippen molar-refractivity contribution in [3.05, 3.63) is 89.6 Å². The van der Waals surface area contributed by atoms with Crippen LogP contribution in [0.15, 0.2) is 66.9 Å². The van der Waals surface area contributed by atoms with Crippen molar-refractivity contribution in [2.45, 2.75) is 6.18 Å². The molecule has 0 atom stereocenters. The molecule has 0 spiro atoms. The molecule has 2 aromatic heterocycles. The standard InChI is InChI=1S/C24H15F5N2O4/c1-34-23(33)35-16-10-9-15-11-17(24(27,28)29)21(31(15)12-16)13-5-7-14(8-6-13)30-22(32)20-18(25)3-2-4-19(20)26/h2-12H,1H3,(H,30,32). The molecule has 2 heterocycles. The fourth-order valence-electron chi connectivity index (χ4n) is 3.48. The summed E-state index contributed by atoms with van der Waals surface area (Å²) in [5, 5.41) is 2.31. The maximum atomic E-state index is 13.8. The van der Waals surface area contributed by atoms with E-state index in [1.54, 1.807) is 0 Å². The molecular formula is C24H15F5N2O4. The number of benzene rings is 2. The number of amides is 1. The zero-order chi connectivity index (χ0) is 25.3. The van der Waals surface area contributed by atoms with Gasteiger partial charge in [0, 0.05) is 11.2 Å². The zero-order valence-corrected chi connectivity index (χ0v) is 17.8. The van der Waals surface area contributed by atoms with E-state index in [9.17, 15) is 31.5 Å². The minimum Gasteiger partial charge on any atom is -0.437 e. The predicted molar refractivity (Wildman–Crippen MR) is 115 cm³/mol. The van der Waals surface area contributed by atoms with Crippen LogP contribution in [0.1, 0.15) is 15.9 Å². The second-order valence-electron chi connectivity index (χ2n) is 7.25. The SMILES string of the molecule is COC(=O)Oc1ccc2cc(C(F)(F)F)c(-c3ccc(NC(=O)c4c(F)cccc4F)cc3)n2c1. The number of pyridine rings is 1. The summed E-state index contributed by atoms with van der Waals surface area (Å²) in [6, 6.07) is 11.7. The van der Waals surface area contributed by atoms with Gasteiger partial charge in [0.25, 0.3) is 5.91 Å². The number of nitrogens with one attached hydrogen (secondary N) is 1. The van der Waals surface area contributed by atoms with Gasteiger partial charge in [-0.1, -0.05) is 18.2 Å². The predicted octanol–water partition coefficient (Wildman–Crippen LogP) is 6.30. The minimum absolute atomic E-state index is 0.0503. The Labute approximate surface area is 194 Å². The molecule has 4 aromatic rings. The van der Waals surface area contributed by atoms with Gasteiger partial charge in [0.05, 0.1) is 24.6 Å². The van der Waals surface area contributed by atoms with E-state index in [1.807, 2.05) is 0 Å². The monoisotopic (exact) mass is 490 g/mol. The van der Waals surface area contributed by atoms with Crippen LogP contribution in [0.3, 0.4) is 0 Å². The second kappa shape index (κ2) is 9.09. The molecular weight excluding hydrogens is 475 g/mol. The minimum atomic E-state index is -4.71. The van der Waals surface area contributed by atoms with E-state index >= 15 is 0 Å². The van der Waals surface area contributed by atoms with Gasteiger partial charge in [-0.2, -0.15) is 13.2 Å². The van der Waals surface area contributed by atoms with Crippen molar-refractivity contribution < 1.29 is 41.0 Å². The normalized spacial score (nSPS) is 11.4. The number of carbonyl (C=O) groups is 2. The number of methoxy groups -OCH3 is 1. The Morgan fingerprint density at radius 2 is 1.60 bits per heavy atom. The number of hydrogen-bond donors (Lipinski definition) is 1. The summed E-state index contributed by atoms with van der Waals surface area (Å²) in [5.74, 6) is -3.22. The van der Waals surface area contributed by atoms with Crippen molar-refractivity contribution in [3.8, 4) is 17.0 Å². The first-order valence-corrected chi connectivity index (χ1v) is 9.92. The molecule has 2 aromatic carbocycles. The molecule has 35 heavy (non-hydrogen) atoms. The lowest BCUT2D eigenvalue weighted by Crippen LogP contribution is -2.15. The number of hydrogen-bond acceptors (Lipinski definition) is 4. The molecule has 4 rings (SSSR count). The number of nitrogens with zero attached hydrogens (tertiary/aromatic N) is 1. The Kier molecular flexibility index (Phi) is 6.16. The summed E-state index contributed by atoms with van der Waals surface area (Å²) in [6.45, 7) is 0. The second-order valence-corrected chi connectivity index (χ2v) is 7.25. The molecule has 6 nitrogen and oxygen atoms in total. The van der Waals surface area contributed by atoms with Crippen LogP contribution in [0.2, 0.25) is 0 Å². The van der Waals surface area contributed by atoms with Crippen LogP contribution >= 0.6 is 0 Å². The summed E-state index contributed by atoms with van der Waals surface area (Å²) in [5.41, 5.74) is -1.59. The Hall–Kier alpha value is -4.41. The molecule has 0 fully saturated rings. The summed E-state index contributed by atoms with van der Waals surface area (Å²) in [4.78, 5) is 23.7. The highest BCUT2D eigenvalue weighted by Crippen LogP contribution is 2.40. The molecule has 0 saturated carbocycles. The maximum absolute atomic E-state index is 13.8. The molecule has 180 valence electrons. The van der Waals surface area contributed by atoms with Crippen molar-refractivity contribution in [1.29, 1.82) is 0 Å². The topological polar surface area (TPSA) is 69.0 Å². The van der Waals surface area contributed by atoms with Crippen LogP contribution in [0.5, 0.6) is 5.75 Å². The number of fused-ring (bicyclic) bond motifs is 1. The van der Waals surface area contributed by atoms with E-state index in [1.165, 1.54) is 47.0 Å². The number of alkyl halides is 3. The Morgan fingerprint density at radius 3 is 2.20 bits per heavy atom. The first kappa shape index (κ1) is 23.7. The zero-order valence-electron chi connectivity index (χ0n) is 17.8. The summed E-state index contributed by atoms with van der Waals surface area (Å²) in [7, 11) is 1.09. The van der Waals surface area contributed by atoms with Gasteiger partial charge < -0.3 is 19.2 Å². The molecule has 1 amide bonds. The number of carbonyl (C=O) groups excluding carboxylic acids is 2. The third-order valence-electron chi connectivity index (χ3n) is 5.02. The lowest BCUT2D eigenvalue weighted by atomic mass is 10.1. The molecule has 0 aliphatic heterocycles. The van der Waals surface area contributed by atoms with Crippen molar-refractivity contribution in [3.63, 3.8) is 0 Å². The first-order chi connectivity index (χ1) is 16.6. The highest BCUT2D eigenvalue weighted by molar-refractivity contribution is 6.04. The fraction of sp³-hybridized carbons (Fsp3) is 0.0833. The van der Waals surface area contributed by atoms with Gasteiger partial charge in [0.2, 0.25) is 0 Å². The Balaban J connectivity index is 1.72. The van der Waals surface area contributed by atoms with Crippen LogP contribution < -0.4 is 10.1 Å². The molecule has 0 saturated heterocycles. The van der Waals surface area contributed by atoms with Gasteiger partial charge >= 0.3 is 12.3 Å². The quantitative estimate of drug-likeness (QED) is 0.269. The summed E-state index contributed by atoms with van der Waals surface area (Å²) >= 11 is 0. The van der Waals surface area contributed by atoms with E-state index in [0.29, 0.717) is 0 Å².